The van der Waals surface area contributed by atoms with Crippen LogP contribution in [-0.2, 0) is 103 Å². The fourth-order valence-electron chi connectivity index (χ4n) is 15.6. The summed E-state index contributed by atoms with van der Waals surface area (Å²) in [6, 6.07) is -4.14. The molecule has 0 aromatic rings. The van der Waals surface area contributed by atoms with Gasteiger partial charge in [-0.1, -0.05) is 53.5 Å². The Kier molecular flexibility index (Phi) is 43.5. The fraction of sp³-hybridized carbons (Fsp3) is 0.870. The van der Waals surface area contributed by atoms with Gasteiger partial charge in [0.15, 0.2) is 50.3 Å². The summed E-state index contributed by atoms with van der Waals surface area (Å²) in [5.41, 5.74) is 5.14. The zero-order valence-electron chi connectivity index (χ0n) is 71.8. The summed E-state index contributed by atoms with van der Waals surface area (Å²) >= 11 is 0. The number of hydrogen-bond donors (Lipinski definition) is 27. The molecule has 8 fully saturated rings. The number of aliphatic hydroxyl groups excluding tert-OH is 23. The topological polar surface area (TPSA) is 764 Å². The van der Waals surface area contributed by atoms with Crippen LogP contribution in [0.1, 0.15) is 113 Å². The van der Waals surface area contributed by atoms with E-state index in [4.69, 9.17) is 80.1 Å². The number of rotatable bonds is 44. The molecule has 51 heteroatoms. The van der Waals surface area contributed by atoms with Crippen molar-refractivity contribution in [2.45, 2.75) is 359 Å². The summed E-state index contributed by atoms with van der Waals surface area (Å²) in [6.45, 7) is 4.56. The van der Waals surface area contributed by atoms with Gasteiger partial charge >= 0.3 is 15.6 Å². The molecule has 27 N–H and O–H groups in total. The first-order valence-electron chi connectivity index (χ1n) is 42.1. The lowest BCUT2D eigenvalue weighted by Crippen LogP contribution is -2.70. The molecule has 0 radical (unpaired) electrons. The number of carbonyl (C=O) groups excluding carboxylic acids is 2. The van der Waals surface area contributed by atoms with Gasteiger partial charge in [-0.25, -0.2) is 9.13 Å². The first-order valence-corrected chi connectivity index (χ1v) is 45.1. The molecular weight excluding hydrogens is 1770 g/mol. The van der Waals surface area contributed by atoms with Crippen molar-refractivity contribution in [1.82, 2.24) is 10.6 Å². The molecule has 8 heterocycles. The van der Waals surface area contributed by atoms with Gasteiger partial charge < -0.3 is 209 Å². The van der Waals surface area contributed by atoms with Gasteiger partial charge in [-0.3, -0.25) is 18.6 Å². The number of allylic oxidation sites excluding steroid dienone is 8. The maximum atomic E-state index is 13.6. The Labute approximate surface area is 736 Å². The van der Waals surface area contributed by atoms with E-state index in [1.807, 2.05) is 13.8 Å². The van der Waals surface area contributed by atoms with E-state index in [2.05, 4.69) is 66.9 Å². The summed E-state index contributed by atoms with van der Waals surface area (Å²) in [4.78, 5) is 47.7. The molecule has 0 spiro atoms. The lowest BCUT2D eigenvalue weighted by atomic mass is 9.94. The highest BCUT2D eigenvalue weighted by molar-refractivity contribution is 7.61. The van der Waals surface area contributed by atoms with Gasteiger partial charge in [0.2, 0.25) is 11.8 Å². The van der Waals surface area contributed by atoms with Crippen molar-refractivity contribution in [3.63, 3.8) is 0 Å². The van der Waals surface area contributed by atoms with E-state index < -0.39 is 332 Å². The van der Waals surface area contributed by atoms with Crippen LogP contribution in [0.3, 0.4) is 0 Å². The SMILES string of the molecule is CC(=O)NC1C(OC2C(CO)OC(OP(=O)(O)OP(=O)(O)OCCC(C)CCC=C(C)CCC=C(C)CCC=C(C)CCC=C(C)C)C(NC(C)=O)C2O)OC(CO)C(OC2OC(COC3OC(CO)C(O)C(OC4OC(CO)C(O)C(O)C4O)C3O)C(O)C(OC3OC(CO)C(O)C(O)C3OC3OC(CO)C(O)C(O)C3OC3OC(CO)C(O)C(O)C3O)C2O)C1O. The van der Waals surface area contributed by atoms with Crippen molar-refractivity contribution in [2.24, 2.45) is 5.92 Å². The zero-order chi connectivity index (χ0) is 94.8. The Bertz CT molecular complexity index is 3610. The standard InChI is InChI=1S/C77H132N2O47P2/c1-31(2)13-9-14-32(3)15-10-16-33(4)17-11-18-34(5)19-12-20-35(6)21-22-110-127(105,106)126-128(107,108)125-71-47(79-37(8)88)55(96)64(44(29-86)117-71)119-70-46(78-36(7)87)54(95)65(43(28-85)116-70)120-75-63(104)67(53(94)45(118-75)30-109-72-62(103)66(52(93)42(27-84)111-72)121-73-60(101)56(97)48(89)38(23-80)112-73)122-76-69(59(100)51(92)40(25-82)114-76)124-77-68(58(99)50(91)41(26-83)115-77)123-74-61(102)57(98)49(90)39(24-81)113-74/h13,15,17,19,35,38-77,80-86,89-104H,9-12,14,16,18,20-30H2,1-8H3,(H,78,87)(H,79,88)(H,105,106)(H,107,108). The molecule has 2 amide bonds. The summed E-state index contributed by atoms with van der Waals surface area (Å²) in [6.07, 6.45) is -66.3. The molecule has 8 aliphatic heterocycles. The van der Waals surface area contributed by atoms with Gasteiger partial charge in [0.05, 0.1) is 59.5 Å². The number of phosphoric acid groups is 2. The van der Waals surface area contributed by atoms with Crippen LogP contribution in [0.25, 0.3) is 0 Å². The number of phosphoric ester groups is 2. The van der Waals surface area contributed by atoms with Crippen molar-refractivity contribution < 1.29 is 230 Å². The highest BCUT2D eigenvalue weighted by Crippen LogP contribution is 2.61. The predicted molar refractivity (Wildman–Crippen MR) is 425 cm³/mol. The van der Waals surface area contributed by atoms with Crippen molar-refractivity contribution in [3.8, 4) is 0 Å². The highest BCUT2D eigenvalue weighted by atomic mass is 31.3. The van der Waals surface area contributed by atoms with Crippen molar-refractivity contribution in [2.75, 3.05) is 59.5 Å². The molecule has 0 aromatic heterocycles. The van der Waals surface area contributed by atoms with E-state index in [0.29, 0.717) is 12.8 Å². The third kappa shape index (κ3) is 29.1. The quantitative estimate of drug-likeness (QED) is 0.0199. The van der Waals surface area contributed by atoms with Crippen LogP contribution in [0, 0.1) is 5.92 Å². The van der Waals surface area contributed by atoms with Crippen LogP contribution < -0.4 is 10.6 Å². The minimum atomic E-state index is -5.91. The summed E-state index contributed by atoms with van der Waals surface area (Å²) in [5.74, 6) is -2.11. The molecule has 0 bridgehead atoms. The molecule has 43 unspecified atom stereocenters. The molecule has 0 saturated carbocycles. The molecule has 43 atom stereocenters. The maximum Gasteiger partial charge on any atom is 0.483 e. The highest BCUT2D eigenvalue weighted by Gasteiger charge is 2.61. The third-order valence-electron chi connectivity index (χ3n) is 23.0. The fourth-order valence-corrected chi connectivity index (χ4v) is 17.8. The Balaban J connectivity index is 1.01. The largest absolute Gasteiger partial charge is 0.483 e. The molecule has 742 valence electrons. The predicted octanol–water partition coefficient (Wildman–Crippen LogP) is -8.95. The van der Waals surface area contributed by atoms with Crippen LogP contribution in [-0.4, -0.2) is 444 Å². The van der Waals surface area contributed by atoms with Crippen LogP contribution in [0.2, 0.25) is 0 Å². The summed E-state index contributed by atoms with van der Waals surface area (Å²) in [7, 11) is -11.4. The van der Waals surface area contributed by atoms with Gasteiger partial charge in [0.25, 0.3) is 0 Å². The number of ether oxygens (including phenoxy) is 15. The summed E-state index contributed by atoms with van der Waals surface area (Å²) in [5, 5.41) is 260. The molecular formula is C77H132N2O47P2. The van der Waals surface area contributed by atoms with Gasteiger partial charge in [-0.05, 0) is 98.3 Å². The number of nitrogens with one attached hydrogen (secondary N) is 2. The van der Waals surface area contributed by atoms with Gasteiger partial charge in [0, 0.05) is 13.8 Å². The van der Waals surface area contributed by atoms with E-state index in [-0.39, 0.29) is 12.3 Å². The van der Waals surface area contributed by atoms with Gasteiger partial charge in [0.1, 0.15) is 195 Å². The minimum Gasteiger partial charge on any atom is -0.394 e. The van der Waals surface area contributed by atoms with Crippen LogP contribution in [0.15, 0.2) is 46.6 Å². The molecule has 128 heavy (non-hydrogen) atoms. The Morgan fingerprint density at radius 1 is 0.336 bits per heavy atom. The Hall–Kier alpha value is -3.36. The average molecular weight is 1900 g/mol. The van der Waals surface area contributed by atoms with E-state index in [1.54, 1.807) is 0 Å². The lowest BCUT2D eigenvalue weighted by molar-refractivity contribution is -0.408. The second-order valence-corrected chi connectivity index (χ2v) is 36.3. The lowest BCUT2D eigenvalue weighted by Gasteiger charge is -2.51. The molecule has 8 rings (SSSR count). The Morgan fingerprint density at radius 2 is 0.664 bits per heavy atom. The maximum absolute atomic E-state index is 13.6. The van der Waals surface area contributed by atoms with Crippen molar-refractivity contribution >= 4 is 27.5 Å². The zero-order valence-corrected chi connectivity index (χ0v) is 73.6. The van der Waals surface area contributed by atoms with E-state index >= 15 is 0 Å². The minimum absolute atomic E-state index is 0.0935. The molecule has 8 saturated heterocycles. The third-order valence-corrected chi connectivity index (χ3v) is 25.7. The summed E-state index contributed by atoms with van der Waals surface area (Å²) < 4.78 is 130. The van der Waals surface area contributed by atoms with Crippen molar-refractivity contribution in [3.05, 3.63) is 46.6 Å². The number of carbonyl (C=O) groups is 2. The van der Waals surface area contributed by atoms with E-state index in [0.717, 1.165) is 52.4 Å². The molecule has 8 aliphatic rings. The normalized spacial score (nSPS) is 42.5. The van der Waals surface area contributed by atoms with Crippen LogP contribution in [0.4, 0.5) is 0 Å². The van der Waals surface area contributed by atoms with E-state index in [1.165, 1.54) is 22.3 Å². The monoisotopic (exact) mass is 1900 g/mol. The van der Waals surface area contributed by atoms with Crippen molar-refractivity contribution in [1.29, 1.82) is 0 Å². The number of hydrogen-bond acceptors (Lipinski definition) is 45. The Morgan fingerprint density at radius 3 is 1.11 bits per heavy atom. The smallest absolute Gasteiger partial charge is 0.394 e. The second-order valence-electron chi connectivity index (χ2n) is 33.3. The number of amides is 2. The molecule has 0 aromatic carbocycles. The molecule has 0 aliphatic carbocycles. The first-order chi connectivity index (χ1) is 60.4. The van der Waals surface area contributed by atoms with Crippen LogP contribution >= 0.6 is 15.6 Å². The van der Waals surface area contributed by atoms with E-state index in [9.17, 15) is 146 Å². The second kappa shape index (κ2) is 50.6. The first kappa shape index (κ1) is 110. The average Bonchev–Trinajstić information content (AvgIpc) is 0.769. The van der Waals surface area contributed by atoms with Gasteiger partial charge in [-0.15, -0.1) is 0 Å². The van der Waals surface area contributed by atoms with Gasteiger partial charge in [-0.2, -0.15) is 4.31 Å². The number of aliphatic hydroxyl groups is 23. The molecule has 49 nitrogen and oxygen atoms in total. The van der Waals surface area contributed by atoms with Crippen LogP contribution in [0.5, 0.6) is 0 Å².